The molecule has 0 saturated heterocycles. The van der Waals surface area contributed by atoms with Crippen LogP contribution < -0.4 is 5.73 Å². The third-order valence-electron chi connectivity index (χ3n) is 2.90. The van der Waals surface area contributed by atoms with E-state index in [0.717, 1.165) is 26.0 Å². The molecule has 92 valence electrons. The fourth-order valence-electron chi connectivity index (χ4n) is 1.77. The smallest absolute Gasteiger partial charge is 0.0462 e. The van der Waals surface area contributed by atoms with E-state index >= 15 is 0 Å². The predicted molar refractivity (Wildman–Crippen MR) is 66.1 cm³/mol. The van der Waals surface area contributed by atoms with E-state index in [-0.39, 0.29) is 6.04 Å². The van der Waals surface area contributed by atoms with Gasteiger partial charge in [-0.2, -0.15) is 0 Å². The van der Waals surface area contributed by atoms with E-state index in [1.807, 2.05) is 0 Å². The molecule has 0 aromatic carbocycles. The van der Waals surface area contributed by atoms with Gasteiger partial charge in [-0.1, -0.05) is 13.3 Å². The third-order valence-corrected chi connectivity index (χ3v) is 2.90. The van der Waals surface area contributed by atoms with Crippen LogP contribution in [0.3, 0.4) is 0 Å². The number of nitrogens with two attached hydrogens (primary N) is 1. The van der Waals surface area contributed by atoms with Gasteiger partial charge in [0.15, 0.2) is 0 Å². The second-order valence-electron chi connectivity index (χ2n) is 4.47. The largest absolute Gasteiger partial charge is 0.385 e. The molecule has 0 saturated carbocycles. The van der Waals surface area contributed by atoms with E-state index in [1.165, 1.54) is 12.8 Å². The van der Waals surface area contributed by atoms with Crippen molar-refractivity contribution in [3.63, 3.8) is 0 Å². The molecule has 0 aromatic heterocycles. The van der Waals surface area contributed by atoms with Gasteiger partial charge in [-0.05, 0) is 33.2 Å². The highest BCUT2D eigenvalue weighted by Crippen LogP contribution is 2.05. The Kier molecular flexibility index (Phi) is 9.06. The van der Waals surface area contributed by atoms with E-state index in [0.29, 0.717) is 6.04 Å². The fraction of sp³-hybridized carbons (Fsp3) is 1.00. The highest BCUT2D eigenvalue weighted by Gasteiger charge is 2.11. The van der Waals surface area contributed by atoms with Gasteiger partial charge in [-0.15, -0.1) is 0 Å². The second-order valence-corrected chi connectivity index (χ2v) is 4.47. The van der Waals surface area contributed by atoms with Crippen molar-refractivity contribution < 1.29 is 4.74 Å². The molecule has 0 heterocycles. The highest BCUT2D eigenvalue weighted by atomic mass is 16.5. The molecule has 3 nitrogen and oxygen atoms in total. The molecule has 3 heteroatoms. The fourth-order valence-corrected chi connectivity index (χ4v) is 1.77. The lowest BCUT2D eigenvalue weighted by molar-refractivity contribution is 0.182. The number of likely N-dealkylation sites (N-methyl/N-ethyl adjacent to an activating group) is 1. The van der Waals surface area contributed by atoms with Crippen LogP contribution in [-0.2, 0) is 4.74 Å². The van der Waals surface area contributed by atoms with Crippen molar-refractivity contribution in [3.05, 3.63) is 0 Å². The lowest BCUT2D eigenvalue weighted by Crippen LogP contribution is -2.39. The zero-order chi connectivity index (χ0) is 11.7. The Morgan fingerprint density at radius 1 is 1.33 bits per heavy atom. The second kappa shape index (κ2) is 9.13. The van der Waals surface area contributed by atoms with Crippen molar-refractivity contribution in [1.82, 2.24) is 4.90 Å². The molecule has 2 unspecified atom stereocenters. The van der Waals surface area contributed by atoms with Gasteiger partial charge in [-0.25, -0.2) is 0 Å². The Bertz CT molecular complexity index is 142. The molecule has 0 fully saturated rings. The molecule has 15 heavy (non-hydrogen) atoms. The van der Waals surface area contributed by atoms with Crippen LogP contribution in [0.15, 0.2) is 0 Å². The van der Waals surface area contributed by atoms with Crippen molar-refractivity contribution in [3.8, 4) is 0 Å². The van der Waals surface area contributed by atoms with Gasteiger partial charge in [0.05, 0.1) is 0 Å². The summed E-state index contributed by atoms with van der Waals surface area (Å²) in [6.07, 6.45) is 4.61. The van der Waals surface area contributed by atoms with Crippen LogP contribution >= 0.6 is 0 Å². The van der Waals surface area contributed by atoms with E-state index in [2.05, 4.69) is 25.8 Å². The van der Waals surface area contributed by atoms with Gasteiger partial charge < -0.3 is 15.4 Å². The van der Waals surface area contributed by atoms with Crippen LogP contribution in [0, 0.1) is 0 Å². The van der Waals surface area contributed by atoms with Crippen molar-refractivity contribution >= 4 is 0 Å². The van der Waals surface area contributed by atoms with Gasteiger partial charge in [-0.3, -0.25) is 0 Å². The summed E-state index contributed by atoms with van der Waals surface area (Å²) in [6.45, 7) is 6.31. The van der Waals surface area contributed by atoms with E-state index in [4.69, 9.17) is 10.5 Å². The van der Waals surface area contributed by atoms with Gasteiger partial charge >= 0.3 is 0 Å². The number of ether oxygens (including phenoxy) is 1. The molecule has 0 aliphatic rings. The quantitative estimate of drug-likeness (QED) is 0.598. The number of nitrogens with zero attached hydrogens (tertiary/aromatic N) is 1. The molecule has 0 aliphatic carbocycles. The predicted octanol–water partition coefficient (Wildman–Crippen LogP) is 1.86. The monoisotopic (exact) mass is 216 g/mol. The maximum Gasteiger partial charge on any atom is 0.0462 e. The molecule has 2 atom stereocenters. The number of methoxy groups -OCH3 is 1. The minimum atomic E-state index is 0.282. The minimum Gasteiger partial charge on any atom is -0.385 e. The number of rotatable bonds is 9. The number of hydrogen-bond acceptors (Lipinski definition) is 3. The molecule has 0 amide bonds. The third kappa shape index (κ3) is 7.77. The summed E-state index contributed by atoms with van der Waals surface area (Å²) in [6, 6.07) is 0.924. The van der Waals surface area contributed by atoms with Crippen molar-refractivity contribution in [2.24, 2.45) is 5.73 Å². The summed E-state index contributed by atoms with van der Waals surface area (Å²) in [5.74, 6) is 0. The summed E-state index contributed by atoms with van der Waals surface area (Å²) in [5, 5.41) is 0. The van der Waals surface area contributed by atoms with Gasteiger partial charge in [0, 0.05) is 32.3 Å². The van der Waals surface area contributed by atoms with Crippen molar-refractivity contribution in [2.45, 2.75) is 51.6 Å². The Morgan fingerprint density at radius 2 is 2.00 bits per heavy atom. The molecule has 0 spiro atoms. The molecule has 0 rings (SSSR count). The van der Waals surface area contributed by atoms with Crippen molar-refractivity contribution in [1.29, 1.82) is 0 Å². The summed E-state index contributed by atoms with van der Waals surface area (Å²) in [7, 11) is 3.90. The maximum absolute atomic E-state index is 6.05. The summed E-state index contributed by atoms with van der Waals surface area (Å²) in [4.78, 5) is 2.36. The standard InChI is InChI=1S/C12H28N2O/c1-5-7-11(2)14(3)10-12(13)8-6-9-15-4/h11-12H,5-10,13H2,1-4H3. The van der Waals surface area contributed by atoms with Gasteiger partial charge in [0.25, 0.3) is 0 Å². The molecular formula is C12H28N2O. The maximum atomic E-state index is 6.05. The van der Waals surface area contributed by atoms with Crippen LogP contribution in [0.5, 0.6) is 0 Å². The molecule has 2 N–H and O–H groups in total. The van der Waals surface area contributed by atoms with E-state index < -0.39 is 0 Å². The Balaban J connectivity index is 3.60. The van der Waals surface area contributed by atoms with E-state index in [9.17, 15) is 0 Å². The highest BCUT2D eigenvalue weighted by molar-refractivity contribution is 4.70. The van der Waals surface area contributed by atoms with Crippen LogP contribution in [0.2, 0.25) is 0 Å². The Morgan fingerprint density at radius 3 is 2.53 bits per heavy atom. The Labute approximate surface area is 95.0 Å². The number of hydrogen-bond donors (Lipinski definition) is 1. The summed E-state index contributed by atoms with van der Waals surface area (Å²) in [5.41, 5.74) is 6.05. The molecule has 0 radical (unpaired) electrons. The van der Waals surface area contributed by atoms with Crippen LogP contribution in [0.1, 0.15) is 39.5 Å². The molecular weight excluding hydrogens is 188 g/mol. The first-order valence-electron chi connectivity index (χ1n) is 6.06. The van der Waals surface area contributed by atoms with Crippen LogP contribution in [-0.4, -0.2) is 44.3 Å². The lowest BCUT2D eigenvalue weighted by Gasteiger charge is -2.27. The van der Waals surface area contributed by atoms with Crippen LogP contribution in [0.4, 0.5) is 0 Å². The zero-order valence-electron chi connectivity index (χ0n) is 10.8. The summed E-state index contributed by atoms with van der Waals surface area (Å²) >= 11 is 0. The average Bonchev–Trinajstić information content (AvgIpc) is 2.18. The lowest BCUT2D eigenvalue weighted by atomic mass is 10.1. The first-order chi connectivity index (χ1) is 7.11. The molecule has 0 aromatic rings. The normalized spacial score (nSPS) is 15.6. The average molecular weight is 216 g/mol. The van der Waals surface area contributed by atoms with Crippen molar-refractivity contribution in [2.75, 3.05) is 27.3 Å². The van der Waals surface area contributed by atoms with Crippen LogP contribution in [0.25, 0.3) is 0 Å². The summed E-state index contributed by atoms with van der Waals surface area (Å²) < 4.78 is 5.01. The molecule has 0 bridgehead atoms. The topological polar surface area (TPSA) is 38.5 Å². The first-order valence-corrected chi connectivity index (χ1v) is 6.06. The SMILES string of the molecule is CCCC(C)N(C)CC(N)CCCOC. The zero-order valence-corrected chi connectivity index (χ0v) is 10.8. The Hall–Kier alpha value is -0.120. The van der Waals surface area contributed by atoms with Gasteiger partial charge in [0.1, 0.15) is 0 Å². The molecule has 0 aliphatic heterocycles. The van der Waals surface area contributed by atoms with Gasteiger partial charge in [0.2, 0.25) is 0 Å². The first kappa shape index (κ1) is 14.9. The van der Waals surface area contributed by atoms with E-state index in [1.54, 1.807) is 7.11 Å². The minimum absolute atomic E-state index is 0.282.